The number of rotatable bonds is 2. The molecule has 6 nitrogen and oxygen atoms in total. The van der Waals surface area contributed by atoms with Gasteiger partial charge in [0, 0.05) is 5.02 Å². The fourth-order valence-electron chi connectivity index (χ4n) is 2.39. The average molecular weight is 483 g/mol. The normalized spacial score (nSPS) is 16.2. The predicted octanol–water partition coefficient (Wildman–Crippen LogP) is 3.63. The Bertz CT molecular complexity index is 987. The molecule has 1 saturated heterocycles. The lowest BCUT2D eigenvalue weighted by Crippen LogP contribution is -2.54. The Labute approximate surface area is 167 Å². The average Bonchev–Trinajstić information content (AvgIpc) is 2.57. The Morgan fingerprint density at radius 1 is 1.15 bits per heavy atom. The number of barbiturate groups is 1. The number of hydrogen-bond donors (Lipinski definition) is 2. The van der Waals surface area contributed by atoms with Crippen LogP contribution >= 0.6 is 34.2 Å². The van der Waals surface area contributed by atoms with E-state index in [4.69, 9.17) is 11.6 Å². The van der Waals surface area contributed by atoms with Gasteiger partial charge in [-0.3, -0.25) is 14.9 Å². The van der Waals surface area contributed by atoms with Crippen LogP contribution in [0.4, 0.5) is 10.5 Å². The number of aromatic hydroxyl groups is 1. The number of nitrogens with zero attached hydrogens (tertiary/aromatic N) is 1. The summed E-state index contributed by atoms with van der Waals surface area (Å²) in [7, 11) is 0. The van der Waals surface area contributed by atoms with E-state index in [2.05, 4.69) is 5.32 Å². The molecule has 3 rings (SSSR count). The van der Waals surface area contributed by atoms with Crippen molar-refractivity contribution in [3.05, 3.63) is 61.7 Å². The Balaban J connectivity index is 2.03. The molecule has 132 valence electrons. The number of imide groups is 2. The molecule has 0 unspecified atom stereocenters. The maximum atomic E-state index is 12.8. The SMILES string of the molecule is Cc1ccc(N2C(=O)NC(=O)/C(=C/c3ccc(O)c(I)c3)C2=O)cc1Cl. The lowest BCUT2D eigenvalue weighted by molar-refractivity contribution is -0.122. The van der Waals surface area contributed by atoms with Crippen molar-refractivity contribution in [1.82, 2.24) is 5.32 Å². The molecule has 1 heterocycles. The van der Waals surface area contributed by atoms with Gasteiger partial charge in [0.2, 0.25) is 0 Å². The fraction of sp³-hybridized carbons (Fsp3) is 0.0556. The summed E-state index contributed by atoms with van der Waals surface area (Å²) in [5.41, 5.74) is 1.41. The number of carbonyl (C=O) groups excluding carboxylic acids is 3. The predicted molar refractivity (Wildman–Crippen MR) is 106 cm³/mol. The number of anilines is 1. The number of amides is 4. The summed E-state index contributed by atoms with van der Waals surface area (Å²) >= 11 is 8.01. The lowest BCUT2D eigenvalue weighted by atomic mass is 10.1. The molecular weight excluding hydrogens is 471 g/mol. The highest BCUT2D eigenvalue weighted by Crippen LogP contribution is 2.27. The van der Waals surface area contributed by atoms with Gasteiger partial charge in [-0.1, -0.05) is 23.7 Å². The van der Waals surface area contributed by atoms with E-state index >= 15 is 0 Å². The van der Waals surface area contributed by atoms with Crippen molar-refractivity contribution in [3.63, 3.8) is 0 Å². The second-order valence-electron chi connectivity index (χ2n) is 5.60. The Morgan fingerprint density at radius 2 is 1.88 bits per heavy atom. The van der Waals surface area contributed by atoms with Crippen LogP contribution in [0.15, 0.2) is 42.0 Å². The molecule has 4 amide bonds. The third-order valence-corrected chi connectivity index (χ3v) is 5.07. The first-order chi connectivity index (χ1) is 12.3. The number of halogens is 2. The molecule has 2 aromatic carbocycles. The van der Waals surface area contributed by atoms with Crippen molar-refractivity contribution < 1.29 is 19.5 Å². The van der Waals surface area contributed by atoms with E-state index in [0.717, 1.165) is 10.5 Å². The smallest absolute Gasteiger partial charge is 0.335 e. The Kier molecular flexibility index (Phi) is 5.01. The highest BCUT2D eigenvalue weighted by atomic mass is 127. The minimum absolute atomic E-state index is 0.0956. The molecule has 0 bridgehead atoms. The van der Waals surface area contributed by atoms with E-state index in [1.165, 1.54) is 18.2 Å². The molecule has 0 radical (unpaired) electrons. The molecule has 1 aliphatic heterocycles. The van der Waals surface area contributed by atoms with Crippen LogP contribution in [0.5, 0.6) is 5.75 Å². The Hall–Kier alpha value is -2.39. The summed E-state index contributed by atoms with van der Waals surface area (Å²) in [6.45, 7) is 1.80. The quantitative estimate of drug-likeness (QED) is 0.389. The van der Waals surface area contributed by atoms with Gasteiger partial charge in [0.05, 0.1) is 9.26 Å². The maximum absolute atomic E-state index is 12.8. The van der Waals surface area contributed by atoms with Crippen molar-refractivity contribution in [2.45, 2.75) is 6.92 Å². The first-order valence-electron chi connectivity index (χ1n) is 7.44. The Morgan fingerprint density at radius 3 is 2.54 bits per heavy atom. The number of phenols is 1. The van der Waals surface area contributed by atoms with E-state index in [0.29, 0.717) is 14.2 Å². The molecule has 0 aromatic heterocycles. The topological polar surface area (TPSA) is 86.7 Å². The van der Waals surface area contributed by atoms with Crippen LogP contribution < -0.4 is 10.2 Å². The standard InChI is InChI=1S/C18H12ClIN2O4/c1-9-2-4-11(8-13(9)19)22-17(25)12(16(24)21-18(22)26)6-10-3-5-15(23)14(20)7-10/h2-8,23H,1H3,(H,21,24,26)/b12-6-. The van der Waals surface area contributed by atoms with Crippen LogP contribution in [-0.2, 0) is 9.59 Å². The van der Waals surface area contributed by atoms with Gasteiger partial charge in [-0.05, 0) is 71.0 Å². The molecule has 1 aliphatic rings. The largest absolute Gasteiger partial charge is 0.507 e. The number of urea groups is 1. The first kappa shape index (κ1) is 18.4. The van der Waals surface area contributed by atoms with Gasteiger partial charge in [0.15, 0.2) is 0 Å². The zero-order valence-electron chi connectivity index (χ0n) is 13.4. The van der Waals surface area contributed by atoms with Crippen LogP contribution in [0, 0.1) is 10.5 Å². The van der Waals surface area contributed by atoms with Crippen molar-refractivity contribution in [3.8, 4) is 5.75 Å². The van der Waals surface area contributed by atoms with Gasteiger partial charge in [0.25, 0.3) is 11.8 Å². The summed E-state index contributed by atoms with van der Waals surface area (Å²) in [4.78, 5) is 38.0. The number of nitrogens with one attached hydrogen (secondary N) is 1. The molecule has 0 atom stereocenters. The number of benzene rings is 2. The van der Waals surface area contributed by atoms with E-state index in [-0.39, 0.29) is 17.0 Å². The summed E-state index contributed by atoms with van der Waals surface area (Å²) in [5.74, 6) is -1.43. The van der Waals surface area contributed by atoms with Crippen LogP contribution in [0.3, 0.4) is 0 Å². The van der Waals surface area contributed by atoms with E-state index in [1.807, 2.05) is 22.6 Å². The number of hydrogen-bond acceptors (Lipinski definition) is 4. The first-order valence-corrected chi connectivity index (χ1v) is 8.89. The highest BCUT2D eigenvalue weighted by molar-refractivity contribution is 14.1. The zero-order valence-corrected chi connectivity index (χ0v) is 16.3. The molecule has 26 heavy (non-hydrogen) atoms. The summed E-state index contributed by atoms with van der Waals surface area (Å²) in [5, 5.41) is 12.1. The molecule has 0 saturated carbocycles. The minimum atomic E-state index is -0.836. The molecular formula is C18H12ClIN2O4. The molecule has 0 aliphatic carbocycles. The van der Waals surface area contributed by atoms with Crippen molar-refractivity contribution in [2.24, 2.45) is 0 Å². The van der Waals surface area contributed by atoms with Crippen LogP contribution in [0.2, 0.25) is 5.02 Å². The number of phenolic OH excluding ortho intramolecular Hbond substituents is 1. The minimum Gasteiger partial charge on any atom is -0.507 e. The van der Waals surface area contributed by atoms with E-state index in [1.54, 1.807) is 31.2 Å². The second-order valence-corrected chi connectivity index (χ2v) is 7.17. The van der Waals surface area contributed by atoms with Crippen LogP contribution in [-0.4, -0.2) is 23.0 Å². The van der Waals surface area contributed by atoms with Crippen LogP contribution in [0.25, 0.3) is 6.08 Å². The zero-order chi connectivity index (χ0) is 19.0. The van der Waals surface area contributed by atoms with Gasteiger partial charge in [0.1, 0.15) is 11.3 Å². The van der Waals surface area contributed by atoms with E-state index < -0.39 is 17.8 Å². The molecule has 1 fully saturated rings. The molecule has 2 aromatic rings. The second kappa shape index (κ2) is 7.08. The lowest BCUT2D eigenvalue weighted by Gasteiger charge is -2.26. The molecule has 0 spiro atoms. The summed E-state index contributed by atoms with van der Waals surface area (Å²) in [6, 6.07) is 8.56. The monoisotopic (exact) mass is 482 g/mol. The van der Waals surface area contributed by atoms with Crippen molar-refractivity contribution in [1.29, 1.82) is 0 Å². The van der Waals surface area contributed by atoms with Gasteiger partial charge < -0.3 is 5.11 Å². The molecule has 8 heteroatoms. The summed E-state index contributed by atoms with van der Waals surface area (Å²) in [6.07, 6.45) is 1.37. The molecule has 2 N–H and O–H groups in total. The number of aryl methyl sites for hydroxylation is 1. The third-order valence-electron chi connectivity index (χ3n) is 3.80. The van der Waals surface area contributed by atoms with Gasteiger partial charge in [-0.2, -0.15) is 0 Å². The van der Waals surface area contributed by atoms with Gasteiger partial charge >= 0.3 is 6.03 Å². The van der Waals surface area contributed by atoms with Crippen molar-refractivity contribution >= 4 is 63.8 Å². The summed E-state index contributed by atoms with van der Waals surface area (Å²) < 4.78 is 0.568. The van der Waals surface area contributed by atoms with Crippen LogP contribution in [0.1, 0.15) is 11.1 Å². The van der Waals surface area contributed by atoms with E-state index in [9.17, 15) is 19.5 Å². The van der Waals surface area contributed by atoms with Crippen molar-refractivity contribution in [2.75, 3.05) is 4.90 Å². The number of carbonyl (C=O) groups is 3. The third kappa shape index (κ3) is 3.45. The fourth-order valence-corrected chi connectivity index (χ4v) is 3.11. The van der Waals surface area contributed by atoms with Gasteiger partial charge in [-0.15, -0.1) is 0 Å². The van der Waals surface area contributed by atoms with Gasteiger partial charge in [-0.25, -0.2) is 9.69 Å². The maximum Gasteiger partial charge on any atom is 0.335 e. The highest BCUT2D eigenvalue weighted by Gasteiger charge is 2.36.